The SMILES string of the molecule is CN(CC(=O)c1nccs1)CC1CCCN(C(=O)OC(C)(C)C)C1. The second-order valence-corrected chi connectivity index (χ2v) is 8.29. The Hall–Kier alpha value is -1.47. The van der Waals surface area contributed by atoms with E-state index in [1.54, 1.807) is 11.1 Å². The van der Waals surface area contributed by atoms with E-state index in [2.05, 4.69) is 4.98 Å². The highest BCUT2D eigenvalue weighted by Gasteiger charge is 2.28. The highest BCUT2D eigenvalue weighted by Crippen LogP contribution is 2.20. The van der Waals surface area contributed by atoms with Crippen molar-refractivity contribution in [3.05, 3.63) is 16.6 Å². The second kappa shape index (κ2) is 8.07. The predicted molar refractivity (Wildman–Crippen MR) is 94.5 cm³/mol. The molecule has 1 atom stereocenters. The molecule has 1 aromatic heterocycles. The third-order valence-electron chi connectivity index (χ3n) is 3.82. The number of carbonyl (C=O) groups is 2. The quantitative estimate of drug-likeness (QED) is 0.762. The number of hydrogen-bond donors (Lipinski definition) is 0. The average Bonchev–Trinajstić information content (AvgIpc) is 2.99. The van der Waals surface area contributed by atoms with Crippen molar-refractivity contribution in [3.63, 3.8) is 0 Å². The minimum Gasteiger partial charge on any atom is -0.444 e. The molecule has 0 bridgehead atoms. The molecular weight excluding hydrogens is 326 g/mol. The number of ether oxygens (including phenoxy) is 1. The maximum Gasteiger partial charge on any atom is 0.410 e. The van der Waals surface area contributed by atoms with Gasteiger partial charge >= 0.3 is 6.09 Å². The molecular formula is C17H27N3O3S. The lowest BCUT2D eigenvalue weighted by atomic mass is 9.98. The van der Waals surface area contributed by atoms with Crippen molar-refractivity contribution in [3.8, 4) is 0 Å². The van der Waals surface area contributed by atoms with Gasteiger partial charge in [0.05, 0.1) is 6.54 Å². The van der Waals surface area contributed by atoms with E-state index >= 15 is 0 Å². The van der Waals surface area contributed by atoms with Gasteiger partial charge in [-0.3, -0.25) is 9.69 Å². The molecule has 24 heavy (non-hydrogen) atoms. The van der Waals surface area contributed by atoms with Crippen LogP contribution in [0.4, 0.5) is 4.79 Å². The van der Waals surface area contributed by atoms with Crippen LogP contribution < -0.4 is 0 Å². The van der Waals surface area contributed by atoms with E-state index in [4.69, 9.17) is 4.74 Å². The van der Waals surface area contributed by atoms with Crippen molar-refractivity contribution in [2.45, 2.75) is 39.2 Å². The van der Waals surface area contributed by atoms with E-state index in [0.29, 0.717) is 24.0 Å². The van der Waals surface area contributed by atoms with E-state index in [1.165, 1.54) is 11.3 Å². The molecule has 0 spiro atoms. The summed E-state index contributed by atoms with van der Waals surface area (Å²) in [7, 11) is 1.94. The molecule has 0 saturated carbocycles. The van der Waals surface area contributed by atoms with Crippen LogP contribution in [-0.4, -0.2) is 65.5 Å². The Kier molecular flexibility index (Phi) is 6.34. The Labute approximate surface area is 147 Å². The molecule has 1 aliphatic heterocycles. The highest BCUT2D eigenvalue weighted by molar-refractivity contribution is 7.11. The molecule has 1 saturated heterocycles. The largest absolute Gasteiger partial charge is 0.444 e. The molecule has 2 heterocycles. The van der Waals surface area contributed by atoms with Gasteiger partial charge in [-0.15, -0.1) is 11.3 Å². The molecule has 0 N–H and O–H groups in total. The summed E-state index contributed by atoms with van der Waals surface area (Å²) in [4.78, 5) is 32.2. The first kappa shape index (κ1) is 18.9. The van der Waals surface area contributed by atoms with E-state index in [9.17, 15) is 9.59 Å². The van der Waals surface area contributed by atoms with Crippen LogP contribution in [0.1, 0.15) is 43.4 Å². The predicted octanol–water partition coefficient (Wildman–Crippen LogP) is 2.90. The van der Waals surface area contributed by atoms with Crippen LogP contribution in [0.15, 0.2) is 11.6 Å². The summed E-state index contributed by atoms with van der Waals surface area (Å²) in [5.74, 6) is 0.410. The molecule has 1 unspecified atom stereocenters. The molecule has 2 rings (SSSR count). The van der Waals surface area contributed by atoms with Gasteiger partial charge in [0.25, 0.3) is 0 Å². The summed E-state index contributed by atoms with van der Waals surface area (Å²) < 4.78 is 5.46. The third-order valence-corrected chi connectivity index (χ3v) is 4.64. The van der Waals surface area contributed by atoms with Gasteiger partial charge in [0.2, 0.25) is 5.78 Å². The number of nitrogens with zero attached hydrogens (tertiary/aromatic N) is 3. The van der Waals surface area contributed by atoms with Crippen LogP contribution >= 0.6 is 11.3 Å². The topological polar surface area (TPSA) is 62.7 Å². The van der Waals surface area contributed by atoms with E-state index < -0.39 is 5.60 Å². The second-order valence-electron chi connectivity index (χ2n) is 7.39. The average molecular weight is 353 g/mol. The van der Waals surface area contributed by atoms with E-state index in [0.717, 1.165) is 25.9 Å². The number of amides is 1. The molecule has 0 aliphatic carbocycles. The Morgan fingerprint density at radius 1 is 1.46 bits per heavy atom. The first-order valence-corrected chi connectivity index (χ1v) is 9.22. The lowest BCUT2D eigenvalue weighted by Gasteiger charge is -2.35. The number of hydrogen-bond acceptors (Lipinski definition) is 6. The first-order valence-electron chi connectivity index (χ1n) is 8.34. The van der Waals surface area contributed by atoms with Crippen molar-refractivity contribution in [2.75, 3.05) is 33.2 Å². The van der Waals surface area contributed by atoms with Gasteiger partial charge in [-0.25, -0.2) is 9.78 Å². The smallest absolute Gasteiger partial charge is 0.410 e. The van der Waals surface area contributed by atoms with Gasteiger partial charge in [0.15, 0.2) is 5.01 Å². The van der Waals surface area contributed by atoms with Gasteiger partial charge in [0, 0.05) is 31.2 Å². The van der Waals surface area contributed by atoms with Gasteiger partial charge < -0.3 is 9.64 Å². The van der Waals surface area contributed by atoms with Gasteiger partial charge in [-0.2, -0.15) is 0 Å². The zero-order valence-electron chi connectivity index (χ0n) is 14.9. The summed E-state index contributed by atoms with van der Waals surface area (Å²) in [6, 6.07) is 0. The zero-order chi connectivity index (χ0) is 17.7. The van der Waals surface area contributed by atoms with Crippen LogP contribution in [-0.2, 0) is 4.74 Å². The fourth-order valence-corrected chi connectivity index (χ4v) is 3.45. The Balaban J connectivity index is 1.81. The fourth-order valence-electron chi connectivity index (χ4n) is 2.89. The molecule has 7 heteroatoms. The molecule has 134 valence electrons. The Morgan fingerprint density at radius 2 is 2.21 bits per heavy atom. The molecule has 1 aromatic rings. The Bertz CT molecular complexity index is 554. The normalized spacial score (nSPS) is 18.7. The third kappa shape index (κ3) is 5.87. The number of Topliss-reactive ketones (excluding diaryl/α,β-unsaturated/α-hetero) is 1. The van der Waals surface area contributed by atoms with Crippen molar-refractivity contribution in [1.29, 1.82) is 0 Å². The van der Waals surface area contributed by atoms with Crippen LogP contribution in [0.5, 0.6) is 0 Å². The summed E-state index contributed by atoms with van der Waals surface area (Å²) >= 11 is 1.37. The minimum atomic E-state index is -0.471. The lowest BCUT2D eigenvalue weighted by Crippen LogP contribution is -2.45. The molecule has 1 aliphatic rings. The summed E-state index contributed by atoms with van der Waals surface area (Å²) in [6.07, 6.45) is 3.44. The number of thiazole rings is 1. The van der Waals surface area contributed by atoms with Crippen LogP contribution in [0, 0.1) is 5.92 Å². The number of likely N-dealkylation sites (tertiary alicyclic amines) is 1. The van der Waals surface area contributed by atoms with Gasteiger partial charge in [0.1, 0.15) is 5.60 Å². The summed E-state index contributed by atoms with van der Waals surface area (Å²) in [6.45, 7) is 8.21. The van der Waals surface area contributed by atoms with E-state index in [-0.39, 0.29) is 11.9 Å². The number of rotatable bonds is 5. The van der Waals surface area contributed by atoms with E-state index in [1.807, 2.05) is 38.1 Å². The molecule has 1 amide bonds. The number of likely N-dealkylation sites (N-methyl/N-ethyl adjacent to an activating group) is 1. The molecule has 6 nitrogen and oxygen atoms in total. The monoisotopic (exact) mass is 353 g/mol. The standard InChI is InChI=1S/C17H27N3O3S/c1-17(2,3)23-16(22)20-8-5-6-13(11-20)10-19(4)12-14(21)15-18-7-9-24-15/h7,9,13H,5-6,8,10-12H2,1-4H3. The van der Waals surface area contributed by atoms with Crippen molar-refractivity contribution in [1.82, 2.24) is 14.8 Å². The maximum absolute atomic E-state index is 12.2. The number of aromatic nitrogens is 1. The summed E-state index contributed by atoms with van der Waals surface area (Å²) in [5, 5.41) is 2.37. The highest BCUT2D eigenvalue weighted by atomic mass is 32.1. The van der Waals surface area contributed by atoms with Gasteiger partial charge in [-0.1, -0.05) is 0 Å². The molecule has 0 aromatic carbocycles. The Morgan fingerprint density at radius 3 is 2.83 bits per heavy atom. The maximum atomic E-state index is 12.2. The molecule has 1 fully saturated rings. The van der Waals surface area contributed by atoms with Crippen LogP contribution in [0.2, 0.25) is 0 Å². The number of ketones is 1. The number of carbonyl (C=O) groups excluding carboxylic acids is 2. The van der Waals surface area contributed by atoms with Crippen molar-refractivity contribution >= 4 is 23.2 Å². The first-order chi connectivity index (χ1) is 11.2. The summed E-state index contributed by atoms with van der Waals surface area (Å²) in [5.41, 5.74) is -0.471. The van der Waals surface area contributed by atoms with Crippen LogP contribution in [0.3, 0.4) is 0 Å². The minimum absolute atomic E-state index is 0.0484. The number of piperidine rings is 1. The zero-order valence-corrected chi connectivity index (χ0v) is 15.8. The lowest BCUT2D eigenvalue weighted by molar-refractivity contribution is 0.0149. The van der Waals surface area contributed by atoms with Crippen molar-refractivity contribution in [2.24, 2.45) is 5.92 Å². The molecule has 0 radical (unpaired) electrons. The van der Waals surface area contributed by atoms with Crippen LogP contribution in [0.25, 0.3) is 0 Å². The van der Waals surface area contributed by atoms with Crippen molar-refractivity contribution < 1.29 is 14.3 Å². The fraction of sp³-hybridized carbons (Fsp3) is 0.706. The van der Waals surface area contributed by atoms with Gasteiger partial charge in [-0.05, 0) is 46.6 Å².